The van der Waals surface area contributed by atoms with E-state index in [2.05, 4.69) is 11.9 Å². The fraction of sp³-hybridized carbons (Fsp3) is 0.667. The maximum atomic E-state index is 11.6. The van der Waals surface area contributed by atoms with E-state index in [-0.39, 0.29) is 25.1 Å². The van der Waals surface area contributed by atoms with Crippen LogP contribution in [-0.4, -0.2) is 60.8 Å². The first-order valence-corrected chi connectivity index (χ1v) is 6.02. The molecule has 0 saturated carbocycles. The Bertz CT molecular complexity index is 319. The van der Waals surface area contributed by atoms with E-state index in [1.54, 1.807) is 6.08 Å². The van der Waals surface area contributed by atoms with Gasteiger partial charge in [-0.15, -0.1) is 6.58 Å². The van der Waals surface area contributed by atoms with Crippen molar-refractivity contribution in [1.29, 1.82) is 0 Å². The fourth-order valence-electron chi connectivity index (χ4n) is 2.03. The molecular formula is C12H20N2O4. The summed E-state index contributed by atoms with van der Waals surface area (Å²) in [6, 6.07) is -0.234. The molecule has 0 spiro atoms. The van der Waals surface area contributed by atoms with Crippen LogP contribution < -0.4 is 5.32 Å². The van der Waals surface area contributed by atoms with Gasteiger partial charge in [-0.05, 0) is 6.54 Å². The molecule has 0 aromatic heterocycles. The van der Waals surface area contributed by atoms with Crippen molar-refractivity contribution in [2.75, 3.05) is 32.8 Å². The first-order valence-electron chi connectivity index (χ1n) is 6.02. The van der Waals surface area contributed by atoms with Gasteiger partial charge in [0.1, 0.15) is 0 Å². The first kappa shape index (κ1) is 14.7. The summed E-state index contributed by atoms with van der Waals surface area (Å²) in [5.41, 5.74) is 0. The normalized spacial score (nSPS) is 23.0. The Morgan fingerprint density at radius 3 is 2.83 bits per heavy atom. The number of likely N-dealkylation sites (N-methyl/N-ethyl adjacent to an activating group) is 1. The Hall–Kier alpha value is -1.40. The summed E-state index contributed by atoms with van der Waals surface area (Å²) >= 11 is 0. The predicted molar refractivity (Wildman–Crippen MR) is 66.2 cm³/mol. The van der Waals surface area contributed by atoms with Gasteiger partial charge in [0.25, 0.3) is 0 Å². The minimum Gasteiger partial charge on any atom is -0.481 e. The summed E-state index contributed by atoms with van der Waals surface area (Å²) in [6.45, 7) is 7.20. The molecule has 0 bridgehead atoms. The number of amides is 1. The summed E-state index contributed by atoms with van der Waals surface area (Å²) in [5.74, 6) is -1.56. The Labute approximate surface area is 107 Å². The molecule has 1 amide bonds. The summed E-state index contributed by atoms with van der Waals surface area (Å²) < 4.78 is 5.21. The summed E-state index contributed by atoms with van der Waals surface area (Å²) in [4.78, 5) is 24.5. The predicted octanol–water partition coefficient (Wildman–Crippen LogP) is -0.290. The molecule has 2 N–H and O–H groups in total. The topological polar surface area (TPSA) is 78.9 Å². The molecule has 2 unspecified atom stereocenters. The average molecular weight is 256 g/mol. The number of carbonyl (C=O) groups is 2. The van der Waals surface area contributed by atoms with Gasteiger partial charge in [0, 0.05) is 12.6 Å². The highest BCUT2D eigenvalue weighted by atomic mass is 16.5. The molecule has 0 aromatic rings. The van der Waals surface area contributed by atoms with Gasteiger partial charge in [-0.2, -0.15) is 0 Å². The number of hydrogen-bond acceptors (Lipinski definition) is 4. The quantitative estimate of drug-likeness (QED) is 0.612. The van der Waals surface area contributed by atoms with Gasteiger partial charge in [-0.3, -0.25) is 14.5 Å². The van der Waals surface area contributed by atoms with Crippen molar-refractivity contribution in [2.24, 2.45) is 5.92 Å². The smallest absolute Gasteiger partial charge is 0.310 e. The Morgan fingerprint density at radius 1 is 1.56 bits per heavy atom. The lowest BCUT2D eigenvalue weighted by atomic mass is 10.0. The van der Waals surface area contributed by atoms with E-state index in [0.717, 1.165) is 0 Å². The number of nitrogens with one attached hydrogen (secondary N) is 1. The van der Waals surface area contributed by atoms with Crippen LogP contribution in [0.25, 0.3) is 0 Å². The molecule has 0 radical (unpaired) electrons. The highest BCUT2D eigenvalue weighted by Crippen LogP contribution is 2.19. The molecule has 1 fully saturated rings. The lowest BCUT2D eigenvalue weighted by molar-refractivity contribution is -0.143. The van der Waals surface area contributed by atoms with Crippen LogP contribution in [0.15, 0.2) is 12.7 Å². The number of carboxylic acid groups (broad SMARTS) is 1. The third-order valence-corrected chi connectivity index (χ3v) is 3.03. The molecule has 1 aliphatic heterocycles. The Kier molecular flexibility index (Phi) is 5.80. The molecule has 1 rings (SSSR count). The minimum absolute atomic E-state index is 0.132. The minimum atomic E-state index is -0.873. The van der Waals surface area contributed by atoms with E-state index in [9.17, 15) is 9.59 Å². The van der Waals surface area contributed by atoms with Gasteiger partial charge in [0.15, 0.2) is 0 Å². The fourth-order valence-corrected chi connectivity index (χ4v) is 2.03. The standard InChI is InChI=1S/C12H20N2O4/c1-3-5-13-11(15)6-14(4-2)10-8-18-7-9(10)12(16)17/h3,9-10H,1,4-8H2,2H3,(H,13,15)(H,16,17). The second-order valence-electron chi connectivity index (χ2n) is 4.21. The number of carbonyl (C=O) groups excluding carboxylic acids is 1. The van der Waals surface area contributed by atoms with Crippen molar-refractivity contribution >= 4 is 11.9 Å². The van der Waals surface area contributed by atoms with Crippen molar-refractivity contribution in [1.82, 2.24) is 10.2 Å². The average Bonchev–Trinajstić information content (AvgIpc) is 2.82. The monoisotopic (exact) mass is 256 g/mol. The molecule has 6 nitrogen and oxygen atoms in total. The van der Waals surface area contributed by atoms with Crippen LogP contribution in [0.5, 0.6) is 0 Å². The van der Waals surface area contributed by atoms with Gasteiger partial charge in [-0.1, -0.05) is 13.0 Å². The third-order valence-electron chi connectivity index (χ3n) is 3.03. The van der Waals surface area contributed by atoms with Gasteiger partial charge in [-0.25, -0.2) is 0 Å². The summed E-state index contributed by atoms with van der Waals surface area (Å²) in [5, 5.41) is 11.8. The van der Waals surface area contributed by atoms with Crippen LogP contribution in [0.3, 0.4) is 0 Å². The molecule has 18 heavy (non-hydrogen) atoms. The molecule has 1 saturated heterocycles. The maximum Gasteiger partial charge on any atom is 0.310 e. The molecule has 0 aliphatic carbocycles. The molecule has 2 atom stereocenters. The number of aliphatic carboxylic acids is 1. The van der Waals surface area contributed by atoms with Gasteiger partial charge in [0.05, 0.1) is 25.7 Å². The lowest BCUT2D eigenvalue weighted by Gasteiger charge is -2.28. The van der Waals surface area contributed by atoms with E-state index in [0.29, 0.717) is 19.7 Å². The second-order valence-corrected chi connectivity index (χ2v) is 4.21. The Morgan fingerprint density at radius 2 is 2.28 bits per heavy atom. The first-order chi connectivity index (χ1) is 8.60. The largest absolute Gasteiger partial charge is 0.481 e. The highest BCUT2D eigenvalue weighted by molar-refractivity contribution is 5.78. The lowest BCUT2D eigenvalue weighted by Crippen LogP contribution is -2.47. The molecular weight excluding hydrogens is 236 g/mol. The van der Waals surface area contributed by atoms with Crippen LogP contribution in [-0.2, 0) is 14.3 Å². The number of rotatable bonds is 7. The van der Waals surface area contributed by atoms with Crippen molar-refractivity contribution in [3.63, 3.8) is 0 Å². The van der Waals surface area contributed by atoms with Crippen LogP contribution >= 0.6 is 0 Å². The third kappa shape index (κ3) is 3.82. The number of nitrogens with zero attached hydrogens (tertiary/aromatic N) is 1. The Balaban J connectivity index is 2.56. The molecule has 102 valence electrons. The van der Waals surface area contributed by atoms with Crippen molar-refractivity contribution in [3.8, 4) is 0 Å². The highest BCUT2D eigenvalue weighted by Gasteiger charge is 2.37. The van der Waals surface area contributed by atoms with E-state index >= 15 is 0 Å². The molecule has 1 aliphatic rings. The van der Waals surface area contributed by atoms with Crippen molar-refractivity contribution in [3.05, 3.63) is 12.7 Å². The number of hydrogen-bond donors (Lipinski definition) is 2. The van der Waals surface area contributed by atoms with Crippen LogP contribution in [0.2, 0.25) is 0 Å². The van der Waals surface area contributed by atoms with E-state index in [1.165, 1.54) is 0 Å². The zero-order valence-corrected chi connectivity index (χ0v) is 10.6. The summed E-state index contributed by atoms with van der Waals surface area (Å²) in [6.07, 6.45) is 1.60. The van der Waals surface area contributed by atoms with E-state index in [1.807, 2.05) is 11.8 Å². The molecule has 1 heterocycles. The second kappa shape index (κ2) is 7.13. The number of ether oxygens (including phenoxy) is 1. The van der Waals surface area contributed by atoms with Gasteiger partial charge >= 0.3 is 5.97 Å². The van der Waals surface area contributed by atoms with E-state index < -0.39 is 11.9 Å². The van der Waals surface area contributed by atoms with Crippen LogP contribution in [0.1, 0.15) is 6.92 Å². The zero-order valence-electron chi connectivity index (χ0n) is 10.6. The SMILES string of the molecule is C=CCNC(=O)CN(CC)C1COCC1C(=O)O. The molecule has 0 aromatic carbocycles. The maximum absolute atomic E-state index is 11.6. The van der Waals surface area contributed by atoms with Crippen molar-refractivity contribution < 1.29 is 19.4 Å². The van der Waals surface area contributed by atoms with E-state index in [4.69, 9.17) is 9.84 Å². The molecule has 6 heteroatoms. The van der Waals surface area contributed by atoms with Crippen LogP contribution in [0.4, 0.5) is 0 Å². The van der Waals surface area contributed by atoms with Crippen molar-refractivity contribution in [2.45, 2.75) is 13.0 Å². The zero-order chi connectivity index (χ0) is 13.5. The van der Waals surface area contributed by atoms with Crippen LogP contribution in [0, 0.1) is 5.92 Å². The van der Waals surface area contributed by atoms with Gasteiger partial charge in [0.2, 0.25) is 5.91 Å². The number of carboxylic acids is 1. The summed E-state index contributed by atoms with van der Waals surface area (Å²) in [7, 11) is 0. The van der Waals surface area contributed by atoms with Gasteiger partial charge < -0.3 is 15.2 Å².